The third-order valence-electron chi connectivity index (χ3n) is 5.37. The highest BCUT2D eigenvalue weighted by Gasteiger charge is 2.42. The second kappa shape index (κ2) is 3.52. The third-order valence-corrected chi connectivity index (χ3v) is 5.37. The van der Waals surface area contributed by atoms with Gasteiger partial charge in [-0.15, -0.1) is 0 Å². The molecule has 0 spiro atoms. The Hall–Kier alpha value is -0.0400. The summed E-state index contributed by atoms with van der Waals surface area (Å²) in [6, 6.07) is 0. The molecule has 0 aromatic rings. The van der Waals surface area contributed by atoms with E-state index in [0.717, 1.165) is 36.1 Å². The monoisotopic (exact) mass is 193 g/mol. The first-order valence-corrected chi connectivity index (χ1v) is 6.57. The fourth-order valence-corrected chi connectivity index (χ4v) is 4.31. The Bertz CT molecular complexity index is 211. The summed E-state index contributed by atoms with van der Waals surface area (Å²) in [7, 11) is 0. The van der Waals surface area contributed by atoms with Crippen molar-refractivity contribution in [1.82, 2.24) is 0 Å². The van der Waals surface area contributed by atoms with Gasteiger partial charge < -0.3 is 5.73 Å². The second-order valence-electron chi connectivity index (χ2n) is 6.00. The molecule has 80 valence electrons. The molecule has 14 heavy (non-hydrogen) atoms. The zero-order valence-corrected chi connectivity index (χ0v) is 9.12. The fourth-order valence-electron chi connectivity index (χ4n) is 4.31. The topological polar surface area (TPSA) is 26.0 Å². The van der Waals surface area contributed by atoms with E-state index >= 15 is 0 Å². The zero-order valence-electron chi connectivity index (χ0n) is 9.12. The number of nitrogens with two attached hydrogens (primary N) is 1. The number of rotatable bonds is 3. The first kappa shape index (κ1) is 9.21. The van der Waals surface area contributed by atoms with Crippen molar-refractivity contribution in [3.63, 3.8) is 0 Å². The molecule has 0 heterocycles. The van der Waals surface area contributed by atoms with Crippen LogP contribution in [-0.4, -0.2) is 6.54 Å². The van der Waals surface area contributed by atoms with Crippen LogP contribution in [0.4, 0.5) is 0 Å². The van der Waals surface area contributed by atoms with Crippen molar-refractivity contribution in [2.24, 2.45) is 35.3 Å². The summed E-state index contributed by atoms with van der Waals surface area (Å²) in [5.74, 6) is 5.27. The maximum Gasteiger partial charge on any atom is -0.00462 e. The van der Waals surface area contributed by atoms with Crippen molar-refractivity contribution in [3.05, 3.63) is 0 Å². The Labute approximate surface area is 87.4 Å². The second-order valence-corrected chi connectivity index (χ2v) is 6.00. The Morgan fingerprint density at radius 1 is 0.857 bits per heavy atom. The molecule has 3 rings (SSSR count). The van der Waals surface area contributed by atoms with Crippen molar-refractivity contribution in [1.29, 1.82) is 0 Å². The molecule has 2 N–H and O–H groups in total. The van der Waals surface area contributed by atoms with Crippen LogP contribution in [0.1, 0.15) is 44.9 Å². The average Bonchev–Trinajstić information content (AvgIpc) is 2.74. The molecule has 5 unspecified atom stereocenters. The van der Waals surface area contributed by atoms with Crippen LogP contribution in [0.25, 0.3) is 0 Å². The van der Waals surface area contributed by atoms with Gasteiger partial charge in [0.15, 0.2) is 0 Å². The van der Waals surface area contributed by atoms with Crippen molar-refractivity contribution < 1.29 is 0 Å². The first-order valence-electron chi connectivity index (χ1n) is 6.57. The van der Waals surface area contributed by atoms with Crippen molar-refractivity contribution in [3.8, 4) is 0 Å². The van der Waals surface area contributed by atoms with Crippen LogP contribution in [0.2, 0.25) is 0 Å². The molecule has 0 amide bonds. The molecule has 3 aliphatic rings. The lowest BCUT2D eigenvalue weighted by molar-refractivity contribution is 0.127. The molecule has 3 aliphatic carbocycles. The predicted molar refractivity (Wildman–Crippen MR) is 58.8 cm³/mol. The zero-order chi connectivity index (χ0) is 9.54. The Balaban J connectivity index is 1.53. The van der Waals surface area contributed by atoms with Gasteiger partial charge in [0.05, 0.1) is 0 Å². The summed E-state index contributed by atoms with van der Waals surface area (Å²) < 4.78 is 0. The Morgan fingerprint density at radius 2 is 1.71 bits per heavy atom. The lowest BCUT2D eigenvalue weighted by Crippen LogP contribution is -2.34. The van der Waals surface area contributed by atoms with Crippen LogP contribution in [0.3, 0.4) is 0 Å². The van der Waals surface area contributed by atoms with Gasteiger partial charge in [-0.25, -0.2) is 0 Å². The molecular formula is C13H23N. The van der Waals surface area contributed by atoms with E-state index in [1.807, 2.05) is 0 Å². The molecule has 1 heteroatoms. The van der Waals surface area contributed by atoms with Crippen LogP contribution >= 0.6 is 0 Å². The third kappa shape index (κ3) is 1.41. The molecule has 0 aromatic heterocycles. The molecule has 0 aliphatic heterocycles. The lowest BCUT2D eigenvalue weighted by atomic mass is 9.67. The Morgan fingerprint density at radius 3 is 2.21 bits per heavy atom. The van der Waals surface area contributed by atoms with E-state index in [2.05, 4.69) is 0 Å². The quantitative estimate of drug-likeness (QED) is 0.733. The summed E-state index contributed by atoms with van der Waals surface area (Å²) in [4.78, 5) is 0. The highest BCUT2D eigenvalue weighted by Crippen LogP contribution is 2.52. The summed E-state index contributed by atoms with van der Waals surface area (Å²) in [6.07, 6.45) is 10.7. The maximum atomic E-state index is 5.77. The first-order chi connectivity index (χ1) is 6.86. The highest BCUT2D eigenvalue weighted by atomic mass is 14.6. The molecule has 0 aromatic carbocycles. The smallest absolute Gasteiger partial charge is 0.00462 e. The largest absolute Gasteiger partial charge is 0.330 e. The molecular weight excluding hydrogens is 170 g/mol. The lowest BCUT2D eigenvalue weighted by Gasteiger charge is -2.39. The normalized spacial score (nSPS) is 50.8. The van der Waals surface area contributed by atoms with Crippen LogP contribution in [0.5, 0.6) is 0 Å². The minimum absolute atomic E-state index is 0.897. The molecule has 3 fully saturated rings. The SMILES string of the molecule is NCC1CCC1CC1CC2CCC1C2. The minimum Gasteiger partial charge on any atom is -0.330 e. The van der Waals surface area contributed by atoms with E-state index in [9.17, 15) is 0 Å². The van der Waals surface area contributed by atoms with E-state index in [4.69, 9.17) is 5.73 Å². The summed E-state index contributed by atoms with van der Waals surface area (Å²) >= 11 is 0. The fraction of sp³-hybridized carbons (Fsp3) is 1.00. The van der Waals surface area contributed by atoms with E-state index in [0.29, 0.717) is 0 Å². The standard InChI is InChI=1S/C13H23N/c14-8-12-4-3-11(12)7-13-6-9-1-2-10(13)5-9/h9-13H,1-8,14H2. The van der Waals surface area contributed by atoms with Crippen LogP contribution < -0.4 is 5.73 Å². The molecule has 3 saturated carbocycles. The average molecular weight is 193 g/mol. The molecule has 2 bridgehead atoms. The van der Waals surface area contributed by atoms with E-state index in [1.165, 1.54) is 19.3 Å². The van der Waals surface area contributed by atoms with Gasteiger partial charge in [-0.3, -0.25) is 0 Å². The Kier molecular flexibility index (Phi) is 2.31. The van der Waals surface area contributed by atoms with Gasteiger partial charge in [-0.2, -0.15) is 0 Å². The van der Waals surface area contributed by atoms with E-state index in [1.54, 1.807) is 25.7 Å². The van der Waals surface area contributed by atoms with Gasteiger partial charge in [-0.1, -0.05) is 6.42 Å². The molecule has 0 saturated heterocycles. The van der Waals surface area contributed by atoms with Crippen LogP contribution in [0.15, 0.2) is 0 Å². The van der Waals surface area contributed by atoms with Crippen molar-refractivity contribution in [2.45, 2.75) is 44.9 Å². The minimum atomic E-state index is 0.897. The highest BCUT2D eigenvalue weighted by molar-refractivity contribution is 4.93. The molecule has 0 radical (unpaired) electrons. The predicted octanol–water partition coefficient (Wildman–Crippen LogP) is 2.80. The van der Waals surface area contributed by atoms with Crippen LogP contribution in [-0.2, 0) is 0 Å². The summed E-state index contributed by atoms with van der Waals surface area (Å²) in [5.41, 5.74) is 5.77. The molecule has 5 atom stereocenters. The van der Waals surface area contributed by atoms with Crippen molar-refractivity contribution in [2.75, 3.05) is 6.54 Å². The van der Waals surface area contributed by atoms with Gasteiger partial charge in [0.2, 0.25) is 0 Å². The summed E-state index contributed by atoms with van der Waals surface area (Å²) in [5, 5.41) is 0. The maximum absolute atomic E-state index is 5.77. The van der Waals surface area contributed by atoms with E-state index in [-0.39, 0.29) is 0 Å². The van der Waals surface area contributed by atoms with E-state index < -0.39 is 0 Å². The van der Waals surface area contributed by atoms with Gasteiger partial charge in [0.1, 0.15) is 0 Å². The van der Waals surface area contributed by atoms with Crippen molar-refractivity contribution >= 4 is 0 Å². The van der Waals surface area contributed by atoms with Gasteiger partial charge in [-0.05, 0) is 74.7 Å². The van der Waals surface area contributed by atoms with Gasteiger partial charge in [0, 0.05) is 0 Å². The number of hydrogen-bond donors (Lipinski definition) is 1. The van der Waals surface area contributed by atoms with Gasteiger partial charge >= 0.3 is 0 Å². The molecule has 1 nitrogen and oxygen atoms in total. The summed E-state index contributed by atoms with van der Waals surface area (Å²) in [6.45, 7) is 0.950. The number of hydrogen-bond acceptors (Lipinski definition) is 1. The van der Waals surface area contributed by atoms with Crippen LogP contribution in [0, 0.1) is 29.6 Å². The van der Waals surface area contributed by atoms with Gasteiger partial charge in [0.25, 0.3) is 0 Å². The number of fused-ring (bicyclic) bond motifs is 2.